The minimum absolute atomic E-state index is 0.462. The molecule has 0 bridgehead atoms. The zero-order chi connectivity index (χ0) is 9.26. The fraction of sp³-hybridized carbons (Fsp3) is 0.111. The summed E-state index contributed by atoms with van der Waals surface area (Å²) < 4.78 is 4.88. The standard InChI is InChI=1S/C9H6ClN2O/c1-6-4-8(12-13-6)7-2-3-9(10)11-5-7/h2-3,5H,1H3. The van der Waals surface area contributed by atoms with Gasteiger partial charge < -0.3 is 4.52 Å². The van der Waals surface area contributed by atoms with E-state index in [1.165, 1.54) is 0 Å². The maximum absolute atomic E-state index is 5.64. The Bertz CT molecular complexity index is 408. The molecule has 0 N–H and O–H groups in total. The van der Waals surface area contributed by atoms with Crippen molar-refractivity contribution in [3.8, 4) is 11.3 Å². The van der Waals surface area contributed by atoms with E-state index in [0.717, 1.165) is 5.56 Å². The van der Waals surface area contributed by atoms with Crippen molar-refractivity contribution >= 4 is 11.6 Å². The molecule has 0 aliphatic heterocycles. The Labute approximate surface area is 80.3 Å². The lowest BCUT2D eigenvalue weighted by atomic mass is 10.2. The van der Waals surface area contributed by atoms with Crippen LogP contribution in [0.2, 0.25) is 5.15 Å². The first-order valence-corrected chi connectivity index (χ1v) is 4.11. The molecule has 0 aliphatic carbocycles. The molecule has 0 spiro atoms. The van der Waals surface area contributed by atoms with Crippen molar-refractivity contribution in [2.45, 2.75) is 6.92 Å². The first kappa shape index (κ1) is 8.26. The van der Waals surface area contributed by atoms with Crippen LogP contribution in [-0.2, 0) is 0 Å². The van der Waals surface area contributed by atoms with Gasteiger partial charge in [0.1, 0.15) is 16.6 Å². The topological polar surface area (TPSA) is 38.9 Å². The third kappa shape index (κ3) is 1.70. The Kier molecular flexibility index (Phi) is 2.02. The molecule has 2 aromatic heterocycles. The van der Waals surface area contributed by atoms with Gasteiger partial charge in [-0.15, -0.1) is 0 Å². The molecular weight excluding hydrogens is 188 g/mol. The van der Waals surface area contributed by atoms with Crippen LogP contribution < -0.4 is 0 Å². The maximum Gasteiger partial charge on any atom is 0.142 e. The van der Waals surface area contributed by atoms with Crippen molar-refractivity contribution in [3.63, 3.8) is 0 Å². The number of aryl methyl sites for hydroxylation is 1. The lowest BCUT2D eigenvalue weighted by Gasteiger charge is -1.92. The lowest BCUT2D eigenvalue weighted by molar-refractivity contribution is 0.399. The summed E-state index contributed by atoms with van der Waals surface area (Å²) in [7, 11) is 0. The summed E-state index contributed by atoms with van der Waals surface area (Å²) >= 11 is 5.64. The van der Waals surface area contributed by atoms with Crippen LogP contribution in [0.5, 0.6) is 0 Å². The number of nitrogens with zero attached hydrogens (tertiary/aromatic N) is 2. The van der Waals surface area contributed by atoms with Gasteiger partial charge in [0, 0.05) is 11.8 Å². The predicted octanol–water partition coefficient (Wildman–Crippen LogP) is 2.50. The predicted molar refractivity (Wildman–Crippen MR) is 48.3 cm³/mol. The summed E-state index contributed by atoms with van der Waals surface area (Å²) in [5, 5.41) is 4.26. The van der Waals surface area contributed by atoms with E-state index in [0.29, 0.717) is 16.6 Å². The van der Waals surface area contributed by atoms with Gasteiger partial charge in [-0.25, -0.2) is 4.98 Å². The van der Waals surface area contributed by atoms with Crippen LogP contribution in [0.25, 0.3) is 11.3 Å². The van der Waals surface area contributed by atoms with Crippen LogP contribution in [0, 0.1) is 13.0 Å². The average Bonchev–Trinajstić information content (AvgIpc) is 2.53. The Morgan fingerprint density at radius 3 is 2.85 bits per heavy atom. The fourth-order valence-electron chi connectivity index (χ4n) is 0.967. The Hall–Kier alpha value is -1.35. The smallest absolute Gasteiger partial charge is 0.142 e. The summed E-state index contributed by atoms with van der Waals surface area (Å²) in [6.45, 7) is 1.79. The summed E-state index contributed by atoms with van der Waals surface area (Å²) in [4.78, 5) is 3.93. The molecule has 13 heavy (non-hydrogen) atoms. The van der Waals surface area contributed by atoms with E-state index in [4.69, 9.17) is 16.1 Å². The zero-order valence-electron chi connectivity index (χ0n) is 6.91. The largest absolute Gasteiger partial charge is 0.360 e. The summed E-state index contributed by atoms with van der Waals surface area (Å²) in [5.41, 5.74) is 1.50. The molecule has 2 rings (SSSR count). The summed E-state index contributed by atoms with van der Waals surface area (Å²) in [6, 6.07) is 6.48. The Morgan fingerprint density at radius 2 is 2.31 bits per heavy atom. The van der Waals surface area contributed by atoms with E-state index in [2.05, 4.69) is 16.2 Å². The molecule has 0 unspecified atom stereocenters. The van der Waals surface area contributed by atoms with Gasteiger partial charge in [0.05, 0.1) is 6.07 Å². The monoisotopic (exact) mass is 193 g/mol. The van der Waals surface area contributed by atoms with Crippen molar-refractivity contribution < 1.29 is 4.52 Å². The van der Waals surface area contributed by atoms with Crippen molar-refractivity contribution in [2.24, 2.45) is 0 Å². The first-order chi connectivity index (χ1) is 6.25. The fourth-order valence-corrected chi connectivity index (χ4v) is 1.08. The summed E-state index contributed by atoms with van der Waals surface area (Å²) in [5.74, 6) is 0.657. The molecule has 65 valence electrons. The van der Waals surface area contributed by atoms with E-state index >= 15 is 0 Å². The van der Waals surface area contributed by atoms with Crippen molar-refractivity contribution in [1.82, 2.24) is 10.1 Å². The third-order valence-corrected chi connectivity index (χ3v) is 1.79. The number of rotatable bonds is 1. The van der Waals surface area contributed by atoms with Crippen molar-refractivity contribution in [3.05, 3.63) is 35.3 Å². The van der Waals surface area contributed by atoms with E-state index in [9.17, 15) is 0 Å². The number of hydrogen-bond donors (Lipinski definition) is 0. The quantitative estimate of drug-likeness (QED) is 0.654. The highest BCUT2D eigenvalue weighted by molar-refractivity contribution is 6.29. The van der Waals surface area contributed by atoms with Crippen LogP contribution in [0.3, 0.4) is 0 Å². The van der Waals surface area contributed by atoms with E-state index in [-0.39, 0.29) is 0 Å². The molecule has 4 heteroatoms. The minimum atomic E-state index is 0.462. The van der Waals surface area contributed by atoms with Gasteiger partial charge in [0.25, 0.3) is 0 Å². The SMILES string of the molecule is Cc1[c]c(-c2ccc(Cl)nc2)no1. The van der Waals surface area contributed by atoms with E-state index in [1.807, 2.05) is 6.07 Å². The van der Waals surface area contributed by atoms with E-state index in [1.54, 1.807) is 19.2 Å². The second kappa shape index (κ2) is 3.18. The van der Waals surface area contributed by atoms with Gasteiger partial charge >= 0.3 is 0 Å². The lowest BCUT2D eigenvalue weighted by Crippen LogP contribution is -1.79. The molecule has 1 radical (unpaired) electrons. The van der Waals surface area contributed by atoms with Gasteiger partial charge in [0.15, 0.2) is 0 Å². The van der Waals surface area contributed by atoms with E-state index < -0.39 is 0 Å². The highest BCUT2D eigenvalue weighted by Crippen LogP contribution is 2.18. The number of hydrogen-bond acceptors (Lipinski definition) is 3. The number of pyridine rings is 1. The van der Waals surface area contributed by atoms with Crippen LogP contribution in [0.15, 0.2) is 22.9 Å². The molecule has 0 saturated heterocycles. The highest BCUT2D eigenvalue weighted by Gasteiger charge is 2.03. The van der Waals surface area contributed by atoms with Crippen LogP contribution in [0.4, 0.5) is 0 Å². The molecule has 3 nitrogen and oxygen atoms in total. The van der Waals surface area contributed by atoms with Gasteiger partial charge in [0.2, 0.25) is 0 Å². The maximum atomic E-state index is 5.64. The number of halogens is 1. The van der Waals surface area contributed by atoms with Gasteiger partial charge in [-0.3, -0.25) is 0 Å². The molecule has 0 aromatic carbocycles. The highest BCUT2D eigenvalue weighted by atomic mass is 35.5. The second-order valence-electron chi connectivity index (χ2n) is 2.58. The summed E-state index contributed by atoms with van der Waals surface area (Å²) in [6.07, 6.45) is 1.64. The molecule has 0 fully saturated rings. The second-order valence-corrected chi connectivity index (χ2v) is 2.97. The molecule has 0 saturated carbocycles. The van der Waals surface area contributed by atoms with Gasteiger partial charge in [-0.1, -0.05) is 16.8 Å². The van der Waals surface area contributed by atoms with Crippen LogP contribution in [0.1, 0.15) is 5.76 Å². The zero-order valence-corrected chi connectivity index (χ0v) is 7.67. The van der Waals surface area contributed by atoms with Crippen molar-refractivity contribution in [1.29, 1.82) is 0 Å². The van der Waals surface area contributed by atoms with Gasteiger partial charge in [-0.05, 0) is 19.1 Å². The van der Waals surface area contributed by atoms with Crippen LogP contribution in [-0.4, -0.2) is 10.1 Å². The molecule has 2 aromatic rings. The molecule has 2 heterocycles. The Morgan fingerprint density at radius 1 is 1.46 bits per heavy atom. The number of aromatic nitrogens is 2. The normalized spacial score (nSPS) is 10.3. The van der Waals surface area contributed by atoms with Gasteiger partial charge in [-0.2, -0.15) is 0 Å². The Balaban J connectivity index is 2.41. The molecule has 0 amide bonds. The van der Waals surface area contributed by atoms with Crippen LogP contribution >= 0.6 is 11.6 Å². The first-order valence-electron chi connectivity index (χ1n) is 3.73. The molecule has 0 atom stereocenters. The minimum Gasteiger partial charge on any atom is -0.360 e. The van der Waals surface area contributed by atoms with Crippen molar-refractivity contribution in [2.75, 3.05) is 0 Å². The molecular formula is C9H6ClN2O. The molecule has 0 aliphatic rings. The third-order valence-electron chi connectivity index (χ3n) is 1.57. The average molecular weight is 194 g/mol.